The smallest absolute Gasteiger partial charge is 0.267 e. The highest BCUT2D eigenvalue weighted by Gasteiger charge is 2.11. The van der Waals surface area contributed by atoms with Gasteiger partial charge in [0.15, 0.2) is 5.65 Å². The van der Waals surface area contributed by atoms with Crippen LogP contribution in [0.5, 0.6) is 5.75 Å². The van der Waals surface area contributed by atoms with Crippen LogP contribution in [0.4, 0.5) is 0 Å². The second-order valence-corrected chi connectivity index (χ2v) is 6.10. The van der Waals surface area contributed by atoms with Crippen LogP contribution in [0.15, 0.2) is 71.7 Å². The Hall–Kier alpha value is -4.17. The lowest BCUT2D eigenvalue weighted by Crippen LogP contribution is -2.22. The summed E-state index contributed by atoms with van der Waals surface area (Å²) in [6.45, 7) is 0. The Bertz CT molecular complexity index is 1280. The molecule has 4 aromatic rings. The van der Waals surface area contributed by atoms with E-state index in [1.807, 2.05) is 6.08 Å². The number of aromatic hydroxyl groups is 1. The molecule has 0 saturated heterocycles. The van der Waals surface area contributed by atoms with Gasteiger partial charge in [0.25, 0.3) is 5.56 Å². The Morgan fingerprint density at radius 2 is 1.75 bits per heavy atom. The minimum atomic E-state index is -0.211. The summed E-state index contributed by atoms with van der Waals surface area (Å²) in [6.07, 6.45) is 10.6. The molecule has 0 aliphatic rings. The molecule has 0 aliphatic heterocycles. The van der Waals surface area contributed by atoms with Crippen molar-refractivity contribution in [1.29, 1.82) is 0 Å². The van der Waals surface area contributed by atoms with E-state index in [0.717, 1.165) is 11.1 Å². The molecule has 0 radical (unpaired) electrons. The van der Waals surface area contributed by atoms with Crippen LogP contribution in [0.3, 0.4) is 0 Å². The van der Waals surface area contributed by atoms with Crippen LogP contribution in [0.1, 0.15) is 17.0 Å². The van der Waals surface area contributed by atoms with E-state index in [9.17, 15) is 9.90 Å². The van der Waals surface area contributed by atoms with E-state index in [0.29, 0.717) is 22.5 Å². The van der Waals surface area contributed by atoms with Gasteiger partial charge in [0.1, 0.15) is 11.6 Å². The third-order valence-corrected chi connectivity index (χ3v) is 4.28. The minimum Gasteiger partial charge on any atom is -0.508 e. The van der Waals surface area contributed by atoms with E-state index in [-0.39, 0.29) is 11.3 Å². The topological polar surface area (TPSA) is 68.0 Å². The van der Waals surface area contributed by atoms with Crippen molar-refractivity contribution >= 4 is 23.2 Å². The molecule has 2 aromatic carbocycles. The van der Waals surface area contributed by atoms with E-state index in [4.69, 9.17) is 6.42 Å². The predicted octanol–water partition coefficient (Wildman–Crippen LogP) is 3.64. The Morgan fingerprint density at radius 1 is 1.00 bits per heavy atom. The van der Waals surface area contributed by atoms with Gasteiger partial charge >= 0.3 is 0 Å². The summed E-state index contributed by atoms with van der Waals surface area (Å²) in [6, 6.07) is 17.3. The SMILES string of the molecule is C#Cc1ccc(-n2c(/C=C/c3ccc(O)cc3)nc3ncccc3c2=O)cc1. The summed E-state index contributed by atoms with van der Waals surface area (Å²) in [5.74, 6) is 3.20. The van der Waals surface area contributed by atoms with Crippen molar-refractivity contribution in [3.8, 4) is 23.8 Å². The number of pyridine rings is 1. The number of phenols is 1. The number of hydrogen-bond acceptors (Lipinski definition) is 4. The third-order valence-electron chi connectivity index (χ3n) is 4.28. The van der Waals surface area contributed by atoms with Crippen molar-refractivity contribution in [2.24, 2.45) is 0 Å². The van der Waals surface area contributed by atoms with E-state index >= 15 is 0 Å². The molecule has 28 heavy (non-hydrogen) atoms. The van der Waals surface area contributed by atoms with E-state index < -0.39 is 0 Å². The maximum atomic E-state index is 13.1. The Morgan fingerprint density at radius 3 is 2.46 bits per heavy atom. The molecule has 134 valence electrons. The number of fused-ring (bicyclic) bond motifs is 1. The number of aromatic nitrogens is 3. The van der Waals surface area contributed by atoms with Gasteiger partial charge < -0.3 is 5.11 Å². The fourth-order valence-corrected chi connectivity index (χ4v) is 2.86. The third kappa shape index (κ3) is 3.27. The highest BCUT2D eigenvalue weighted by molar-refractivity contribution is 5.77. The monoisotopic (exact) mass is 365 g/mol. The molecule has 1 N–H and O–H groups in total. The molecule has 0 atom stereocenters. The fourth-order valence-electron chi connectivity index (χ4n) is 2.86. The van der Waals surface area contributed by atoms with E-state index in [1.165, 1.54) is 4.57 Å². The zero-order valence-corrected chi connectivity index (χ0v) is 14.8. The van der Waals surface area contributed by atoms with Gasteiger partial charge in [-0.3, -0.25) is 9.36 Å². The van der Waals surface area contributed by atoms with Gasteiger partial charge in [0.05, 0.1) is 11.1 Å². The standard InChI is InChI=1S/C23H15N3O2/c1-2-16-5-10-18(11-6-16)26-21(14-9-17-7-12-19(27)13-8-17)25-22-20(23(26)28)4-3-15-24-22/h1,3-15,27H/b14-9+. The lowest BCUT2D eigenvalue weighted by Gasteiger charge is -2.11. The van der Waals surface area contributed by atoms with Crippen LogP contribution in [-0.4, -0.2) is 19.6 Å². The first kappa shape index (κ1) is 17.3. The van der Waals surface area contributed by atoms with Crippen LogP contribution >= 0.6 is 0 Å². The molecular weight excluding hydrogens is 350 g/mol. The molecule has 4 rings (SSSR count). The summed E-state index contributed by atoms with van der Waals surface area (Å²) < 4.78 is 1.53. The molecular formula is C23H15N3O2. The highest BCUT2D eigenvalue weighted by Crippen LogP contribution is 2.16. The number of rotatable bonds is 3. The van der Waals surface area contributed by atoms with Gasteiger partial charge in [-0.25, -0.2) is 9.97 Å². The van der Waals surface area contributed by atoms with Crippen molar-refractivity contribution in [2.75, 3.05) is 0 Å². The first-order valence-electron chi connectivity index (χ1n) is 8.58. The molecule has 0 fully saturated rings. The normalized spacial score (nSPS) is 11.0. The van der Waals surface area contributed by atoms with Gasteiger partial charge in [-0.1, -0.05) is 24.1 Å². The lowest BCUT2D eigenvalue weighted by molar-refractivity contribution is 0.475. The lowest BCUT2D eigenvalue weighted by atomic mass is 10.2. The molecule has 2 heterocycles. The molecule has 0 spiro atoms. The summed E-state index contributed by atoms with van der Waals surface area (Å²) in [5, 5.41) is 9.86. The number of nitrogens with zero attached hydrogens (tertiary/aromatic N) is 3. The number of terminal acetylenes is 1. The summed E-state index contributed by atoms with van der Waals surface area (Å²) in [5.41, 5.74) is 2.43. The Balaban J connectivity index is 1.91. The van der Waals surface area contributed by atoms with E-state index in [2.05, 4.69) is 15.9 Å². The predicted molar refractivity (Wildman–Crippen MR) is 110 cm³/mol. The first-order valence-corrected chi connectivity index (χ1v) is 8.58. The molecule has 0 aliphatic carbocycles. The zero-order chi connectivity index (χ0) is 19.5. The molecule has 5 heteroatoms. The van der Waals surface area contributed by atoms with E-state index in [1.54, 1.807) is 72.9 Å². The number of benzene rings is 2. The number of hydrogen-bond donors (Lipinski definition) is 1. The maximum Gasteiger partial charge on any atom is 0.267 e. The summed E-state index contributed by atoms with van der Waals surface area (Å²) in [7, 11) is 0. The maximum absolute atomic E-state index is 13.1. The van der Waals surface area contributed by atoms with Crippen molar-refractivity contribution in [3.05, 3.63) is 94.2 Å². The van der Waals surface area contributed by atoms with Crippen LogP contribution in [0.25, 0.3) is 28.9 Å². The Labute approximate surface area is 161 Å². The van der Waals surface area contributed by atoms with Gasteiger partial charge in [0.2, 0.25) is 0 Å². The van der Waals surface area contributed by atoms with Crippen LogP contribution in [0.2, 0.25) is 0 Å². The van der Waals surface area contributed by atoms with Crippen molar-refractivity contribution in [3.63, 3.8) is 0 Å². The molecule has 0 saturated carbocycles. The van der Waals surface area contributed by atoms with Crippen molar-refractivity contribution in [2.45, 2.75) is 0 Å². The minimum absolute atomic E-state index is 0.190. The quantitative estimate of drug-likeness (QED) is 0.563. The van der Waals surface area contributed by atoms with Crippen LogP contribution in [0, 0.1) is 12.3 Å². The van der Waals surface area contributed by atoms with Crippen LogP contribution < -0.4 is 5.56 Å². The van der Waals surface area contributed by atoms with Crippen molar-refractivity contribution in [1.82, 2.24) is 14.5 Å². The van der Waals surface area contributed by atoms with Gasteiger partial charge in [-0.15, -0.1) is 6.42 Å². The van der Waals surface area contributed by atoms with Crippen molar-refractivity contribution < 1.29 is 5.11 Å². The highest BCUT2D eigenvalue weighted by atomic mass is 16.3. The molecule has 0 bridgehead atoms. The fraction of sp³-hybridized carbons (Fsp3) is 0. The average molecular weight is 365 g/mol. The molecule has 2 aromatic heterocycles. The second-order valence-electron chi connectivity index (χ2n) is 6.10. The summed E-state index contributed by atoms with van der Waals surface area (Å²) in [4.78, 5) is 21.9. The summed E-state index contributed by atoms with van der Waals surface area (Å²) >= 11 is 0. The largest absolute Gasteiger partial charge is 0.508 e. The van der Waals surface area contributed by atoms with Gasteiger partial charge in [0, 0.05) is 11.8 Å². The second kappa shape index (κ2) is 7.22. The van der Waals surface area contributed by atoms with Gasteiger partial charge in [-0.2, -0.15) is 0 Å². The molecule has 5 nitrogen and oxygen atoms in total. The van der Waals surface area contributed by atoms with Gasteiger partial charge in [-0.05, 0) is 60.2 Å². The number of phenolic OH excluding ortho intramolecular Hbond substituents is 1. The first-order chi connectivity index (χ1) is 13.7. The Kier molecular flexibility index (Phi) is 4.45. The average Bonchev–Trinajstić information content (AvgIpc) is 2.74. The van der Waals surface area contributed by atoms with Crippen LogP contribution in [-0.2, 0) is 0 Å². The molecule has 0 unspecified atom stereocenters. The molecule has 0 amide bonds. The zero-order valence-electron chi connectivity index (χ0n) is 14.8.